The van der Waals surface area contributed by atoms with Gasteiger partial charge in [0, 0.05) is 5.92 Å². The Balaban J connectivity index is 1.65. The first-order valence-electron chi connectivity index (χ1n) is 9.72. The molecule has 4 rings (SSSR count). The smallest absolute Gasteiger partial charge is 0.298 e. The van der Waals surface area contributed by atoms with E-state index >= 15 is 0 Å². The van der Waals surface area contributed by atoms with Gasteiger partial charge in [0.15, 0.2) is 11.2 Å². The number of aromatic nitrogens is 4. The van der Waals surface area contributed by atoms with Crippen molar-refractivity contribution in [1.82, 2.24) is 19.5 Å². The van der Waals surface area contributed by atoms with Gasteiger partial charge in [-0.1, -0.05) is 26.0 Å². The molecule has 27 heavy (non-hydrogen) atoms. The van der Waals surface area contributed by atoms with Crippen LogP contribution in [0.1, 0.15) is 62.4 Å². The predicted molar refractivity (Wildman–Crippen MR) is 105 cm³/mol. The van der Waals surface area contributed by atoms with Crippen molar-refractivity contribution in [2.24, 2.45) is 0 Å². The zero-order chi connectivity index (χ0) is 19.0. The summed E-state index contributed by atoms with van der Waals surface area (Å²) in [6.07, 6.45) is 6.69. The molecule has 0 aliphatic heterocycles. The number of hydrogen-bond donors (Lipinski definition) is 1. The Morgan fingerprint density at radius 3 is 2.81 bits per heavy atom. The van der Waals surface area contributed by atoms with Gasteiger partial charge in [-0.3, -0.25) is 4.79 Å². The minimum atomic E-state index is -0.269. The van der Waals surface area contributed by atoms with Crippen LogP contribution in [0.5, 0.6) is 5.75 Å². The minimum Gasteiger partial charge on any atom is -0.490 e. The Morgan fingerprint density at radius 2 is 2.07 bits per heavy atom. The number of rotatable bonds is 5. The molecule has 2 heterocycles. The highest BCUT2D eigenvalue weighted by atomic mass is 16.5. The summed E-state index contributed by atoms with van der Waals surface area (Å²) in [5.41, 5.74) is 3.10. The van der Waals surface area contributed by atoms with Gasteiger partial charge < -0.3 is 14.3 Å². The molecule has 2 aromatic heterocycles. The highest BCUT2D eigenvalue weighted by molar-refractivity contribution is 5.70. The summed E-state index contributed by atoms with van der Waals surface area (Å²) in [7, 11) is 0. The van der Waals surface area contributed by atoms with E-state index < -0.39 is 0 Å². The van der Waals surface area contributed by atoms with E-state index in [1.807, 2.05) is 18.4 Å². The number of imidazole rings is 1. The molecule has 6 nitrogen and oxygen atoms in total. The number of aromatic amines is 1. The Hall–Kier alpha value is -2.63. The maximum atomic E-state index is 12.1. The van der Waals surface area contributed by atoms with Gasteiger partial charge in [-0.2, -0.15) is 4.98 Å². The van der Waals surface area contributed by atoms with Gasteiger partial charge in [-0.05, 0) is 49.8 Å². The first-order valence-corrected chi connectivity index (χ1v) is 9.72. The van der Waals surface area contributed by atoms with Crippen LogP contribution < -0.4 is 10.3 Å². The van der Waals surface area contributed by atoms with E-state index in [2.05, 4.69) is 40.1 Å². The van der Waals surface area contributed by atoms with Gasteiger partial charge in [0.05, 0.1) is 12.6 Å². The average molecular weight is 366 g/mol. The Labute approximate surface area is 158 Å². The Bertz CT molecular complexity index is 1010. The van der Waals surface area contributed by atoms with Crippen molar-refractivity contribution < 1.29 is 4.74 Å². The molecule has 3 aromatic rings. The SMILES string of the molecule is Cc1ccc(Cn2cnc(=O)c3[nH]c(C(C)C)nc32)cc1OC1CCCC1. The van der Waals surface area contributed by atoms with Crippen LogP contribution in [0.25, 0.3) is 11.2 Å². The summed E-state index contributed by atoms with van der Waals surface area (Å²) in [4.78, 5) is 23.9. The van der Waals surface area contributed by atoms with Crippen LogP contribution in [0.2, 0.25) is 0 Å². The van der Waals surface area contributed by atoms with E-state index in [4.69, 9.17) is 4.74 Å². The normalized spacial score (nSPS) is 15.1. The topological polar surface area (TPSA) is 72.8 Å². The molecular weight excluding hydrogens is 340 g/mol. The third-order valence-electron chi connectivity index (χ3n) is 5.25. The zero-order valence-corrected chi connectivity index (χ0v) is 16.2. The van der Waals surface area contributed by atoms with E-state index in [-0.39, 0.29) is 11.5 Å². The summed E-state index contributed by atoms with van der Waals surface area (Å²) >= 11 is 0. The van der Waals surface area contributed by atoms with Gasteiger partial charge in [-0.25, -0.2) is 4.98 Å². The zero-order valence-electron chi connectivity index (χ0n) is 16.2. The van der Waals surface area contributed by atoms with E-state index in [0.717, 1.165) is 35.5 Å². The molecule has 0 unspecified atom stereocenters. The van der Waals surface area contributed by atoms with E-state index in [1.54, 1.807) is 6.33 Å². The summed E-state index contributed by atoms with van der Waals surface area (Å²) in [6, 6.07) is 6.29. The first kappa shape index (κ1) is 17.8. The first-order chi connectivity index (χ1) is 13.0. The van der Waals surface area contributed by atoms with Crippen LogP contribution in [0.4, 0.5) is 0 Å². The third-order valence-corrected chi connectivity index (χ3v) is 5.25. The summed E-state index contributed by atoms with van der Waals surface area (Å²) < 4.78 is 8.15. The molecular formula is C21H26N4O2. The van der Waals surface area contributed by atoms with Gasteiger partial charge in [0.25, 0.3) is 5.56 Å². The van der Waals surface area contributed by atoms with Gasteiger partial charge >= 0.3 is 0 Å². The Kier molecular flexibility index (Phi) is 4.72. The molecule has 1 saturated carbocycles. The van der Waals surface area contributed by atoms with Crippen LogP contribution in [0.3, 0.4) is 0 Å². The maximum absolute atomic E-state index is 12.1. The molecule has 142 valence electrons. The number of aryl methyl sites for hydroxylation is 1. The molecule has 0 saturated heterocycles. The lowest BCUT2D eigenvalue weighted by molar-refractivity contribution is 0.208. The lowest BCUT2D eigenvalue weighted by Gasteiger charge is -2.16. The lowest BCUT2D eigenvalue weighted by Crippen LogP contribution is -2.14. The van der Waals surface area contributed by atoms with Gasteiger partial charge in [-0.15, -0.1) is 0 Å². The standard InChI is InChI=1S/C21H26N4O2/c1-13(2)19-23-18-20(24-19)25(12-22-21(18)26)11-15-9-8-14(3)17(10-15)27-16-6-4-5-7-16/h8-10,12-13,16H,4-7,11H2,1-3H3,(H,23,24). The fraction of sp³-hybridized carbons (Fsp3) is 0.476. The van der Waals surface area contributed by atoms with Crippen molar-refractivity contribution >= 4 is 11.2 Å². The van der Waals surface area contributed by atoms with Crippen molar-refractivity contribution in [3.05, 3.63) is 51.8 Å². The van der Waals surface area contributed by atoms with Crippen LogP contribution in [0.15, 0.2) is 29.3 Å². The lowest BCUT2D eigenvalue weighted by atomic mass is 10.1. The van der Waals surface area contributed by atoms with Crippen LogP contribution >= 0.6 is 0 Å². The fourth-order valence-electron chi connectivity index (χ4n) is 3.62. The van der Waals surface area contributed by atoms with E-state index in [9.17, 15) is 4.79 Å². The molecule has 1 aliphatic rings. The van der Waals surface area contributed by atoms with E-state index in [1.165, 1.54) is 12.8 Å². The number of ether oxygens (including phenoxy) is 1. The summed E-state index contributed by atoms with van der Waals surface area (Å²) in [6.45, 7) is 6.77. The number of H-pyrrole nitrogens is 1. The van der Waals surface area contributed by atoms with Crippen molar-refractivity contribution in [3.63, 3.8) is 0 Å². The second-order valence-corrected chi connectivity index (χ2v) is 7.78. The number of fused-ring (bicyclic) bond motifs is 1. The van der Waals surface area contributed by atoms with Gasteiger partial charge in [0.1, 0.15) is 17.9 Å². The van der Waals surface area contributed by atoms with Crippen LogP contribution in [0, 0.1) is 6.92 Å². The molecule has 6 heteroatoms. The molecule has 1 aliphatic carbocycles. The molecule has 0 radical (unpaired) electrons. The minimum absolute atomic E-state index is 0.219. The maximum Gasteiger partial charge on any atom is 0.298 e. The van der Waals surface area contributed by atoms with Crippen molar-refractivity contribution in [1.29, 1.82) is 0 Å². The summed E-state index contributed by atoms with van der Waals surface area (Å²) in [5.74, 6) is 1.98. The number of nitrogens with one attached hydrogen (secondary N) is 1. The second-order valence-electron chi connectivity index (χ2n) is 7.78. The third kappa shape index (κ3) is 3.61. The molecule has 1 aromatic carbocycles. The molecule has 1 N–H and O–H groups in total. The van der Waals surface area contributed by atoms with Crippen LogP contribution in [-0.4, -0.2) is 25.6 Å². The monoisotopic (exact) mass is 366 g/mol. The highest BCUT2D eigenvalue weighted by Gasteiger charge is 2.18. The summed E-state index contributed by atoms with van der Waals surface area (Å²) in [5, 5.41) is 0. The molecule has 0 amide bonds. The average Bonchev–Trinajstić information content (AvgIpc) is 3.30. The molecule has 0 spiro atoms. The predicted octanol–water partition coefficient (Wildman–Crippen LogP) is 3.92. The van der Waals surface area contributed by atoms with Crippen molar-refractivity contribution in [2.45, 2.75) is 65.0 Å². The largest absolute Gasteiger partial charge is 0.490 e. The van der Waals surface area contributed by atoms with Crippen LogP contribution in [-0.2, 0) is 6.54 Å². The fourth-order valence-corrected chi connectivity index (χ4v) is 3.62. The highest BCUT2D eigenvalue weighted by Crippen LogP contribution is 2.27. The molecule has 0 atom stereocenters. The van der Waals surface area contributed by atoms with Crippen molar-refractivity contribution in [3.8, 4) is 5.75 Å². The number of benzene rings is 1. The second kappa shape index (κ2) is 7.18. The Morgan fingerprint density at radius 1 is 1.30 bits per heavy atom. The molecule has 0 bridgehead atoms. The quantitative estimate of drug-likeness (QED) is 0.743. The van der Waals surface area contributed by atoms with Gasteiger partial charge in [0.2, 0.25) is 0 Å². The molecule has 1 fully saturated rings. The van der Waals surface area contributed by atoms with Crippen molar-refractivity contribution in [2.75, 3.05) is 0 Å². The number of nitrogens with zero attached hydrogens (tertiary/aromatic N) is 3. The number of hydrogen-bond acceptors (Lipinski definition) is 4. The van der Waals surface area contributed by atoms with E-state index in [0.29, 0.717) is 23.8 Å².